The Morgan fingerprint density at radius 1 is 1.47 bits per heavy atom. The highest BCUT2D eigenvalue weighted by atomic mass is 35.5. The number of halogens is 1. The van der Waals surface area contributed by atoms with Crippen LogP contribution in [0.3, 0.4) is 0 Å². The highest BCUT2D eigenvalue weighted by Gasteiger charge is 2.16. The molecular formula is C11H13ClN2O5. The van der Waals surface area contributed by atoms with Crippen LogP contribution in [0, 0.1) is 10.1 Å². The molecule has 1 amide bonds. The Labute approximate surface area is 114 Å². The smallest absolute Gasteiger partial charge is 0.287 e. The Bertz CT molecular complexity index is 476. The fourth-order valence-corrected chi connectivity index (χ4v) is 1.59. The van der Waals surface area contributed by atoms with Gasteiger partial charge in [-0.3, -0.25) is 14.9 Å². The zero-order chi connectivity index (χ0) is 14.4. The molecule has 0 atom stereocenters. The van der Waals surface area contributed by atoms with Crippen LogP contribution in [0.25, 0.3) is 0 Å². The molecule has 0 saturated carbocycles. The molecular weight excluding hydrogens is 276 g/mol. The first-order chi connectivity index (χ1) is 8.99. The third-order valence-electron chi connectivity index (χ3n) is 2.36. The summed E-state index contributed by atoms with van der Waals surface area (Å²) in [6.07, 6.45) is -0.558. The molecule has 0 saturated heterocycles. The maximum atomic E-state index is 11.8. The SMILES string of the molecule is COC(CNC(=O)c1ccc([N+](=O)[O-])c(Cl)c1)OC. The van der Waals surface area contributed by atoms with Crippen molar-refractivity contribution in [3.05, 3.63) is 38.9 Å². The average molecular weight is 289 g/mol. The topological polar surface area (TPSA) is 90.7 Å². The fraction of sp³-hybridized carbons (Fsp3) is 0.364. The Morgan fingerprint density at radius 2 is 2.11 bits per heavy atom. The molecule has 1 aromatic rings. The molecule has 0 radical (unpaired) electrons. The third kappa shape index (κ3) is 4.16. The number of hydrogen-bond donors (Lipinski definition) is 1. The maximum absolute atomic E-state index is 11.8. The molecule has 0 aliphatic heterocycles. The van der Waals surface area contributed by atoms with Crippen LogP contribution in [0.1, 0.15) is 10.4 Å². The number of ether oxygens (including phenoxy) is 2. The summed E-state index contributed by atoms with van der Waals surface area (Å²) in [7, 11) is 2.89. The highest BCUT2D eigenvalue weighted by Crippen LogP contribution is 2.24. The molecule has 1 rings (SSSR count). The van der Waals surface area contributed by atoms with Gasteiger partial charge in [-0.25, -0.2) is 0 Å². The van der Waals surface area contributed by atoms with Crippen molar-refractivity contribution in [1.82, 2.24) is 5.32 Å². The van der Waals surface area contributed by atoms with E-state index in [0.717, 1.165) is 0 Å². The van der Waals surface area contributed by atoms with Crippen LogP contribution < -0.4 is 5.32 Å². The maximum Gasteiger partial charge on any atom is 0.287 e. The van der Waals surface area contributed by atoms with E-state index in [2.05, 4.69) is 5.32 Å². The van der Waals surface area contributed by atoms with Crippen LogP contribution in [0.15, 0.2) is 18.2 Å². The summed E-state index contributed by atoms with van der Waals surface area (Å²) >= 11 is 5.71. The lowest BCUT2D eigenvalue weighted by Gasteiger charge is -2.14. The van der Waals surface area contributed by atoms with Gasteiger partial charge >= 0.3 is 0 Å². The predicted octanol–water partition coefficient (Wildman–Crippen LogP) is 1.60. The van der Waals surface area contributed by atoms with Gasteiger partial charge in [-0.05, 0) is 12.1 Å². The molecule has 7 nitrogen and oxygen atoms in total. The van der Waals surface area contributed by atoms with Crippen molar-refractivity contribution in [3.8, 4) is 0 Å². The van der Waals surface area contributed by atoms with Gasteiger partial charge in [0.15, 0.2) is 6.29 Å². The second kappa shape index (κ2) is 7.03. The molecule has 0 aliphatic rings. The van der Waals surface area contributed by atoms with Gasteiger partial charge in [0, 0.05) is 25.8 Å². The zero-order valence-corrected chi connectivity index (χ0v) is 11.1. The molecule has 8 heteroatoms. The normalized spacial score (nSPS) is 10.5. The number of rotatable bonds is 6. The van der Waals surface area contributed by atoms with Gasteiger partial charge in [-0.2, -0.15) is 0 Å². The van der Waals surface area contributed by atoms with E-state index in [4.69, 9.17) is 21.1 Å². The number of amides is 1. The van der Waals surface area contributed by atoms with E-state index < -0.39 is 17.1 Å². The first-order valence-electron chi connectivity index (χ1n) is 5.27. The second-order valence-corrected chi connectivity index (χ2v) is 3.94. The zero-order valence-electron chi connectivity index (χ0n) is 10.4. The van der Waals surface area contributed by atoms with Crippen LogP contribution in [0.4, 0.5) is 5.69 Å². The minimum atomic E-state index is -0.615. The van der Waals surface area contributed by atoms with E-state index in [0.29, 0.717) is 0 Å². The first kappa shape index (κ1) is 15.4. The quantitative estimate of drug-likeness (QED) is 0.488. The number of nitro groups is 1. The number of benzene rings is 1. The molecule has 0 aliphatic carbocycles. The third-order valence-corrected chi connectivity index (χ3v) is 2.66. The Hall–Kier alpha value is -1.70. The number of hydrogen-bond acceptors (Lipinski definition) is 5. The van der Waals surface area contributed by atoms with Crippen molar-refractivity contribution in [1.29, 1.82) is 0 Å². The first-order valence-corrected chi connectivity index (χ1v) is 5.65. The van der Waals surface area contributed by atoms with Gasteiger partial charge in [0.25, 0.3) is 11.6 Å². The molecule has 1 N–H and O–H groups in total. The van der Waals surface area contributed by atoms with E-state index in [1.807, 2.05) is 0 Å². The van der Waals surface area contributed by atoms with Gasteiger partial charge in [0.2, 0.25) is 0 Å². The van der Waals surface area contributed by atoms with E-state index in [1.165, 1.54) is 32.4 Å². The average Bonchev–Trinajstić information content (AvgIpc) is 2.39. The van der Waals surface area contributed by atoms with Gasteiger partial charge in [0.1, 0.15) is 5.02 Å². The van der Waals surface area contributed by atoms with Crippen LogP contribution in [0.2, 0.25) is 5.02 Å². The number of carbonyl (C=O) groups is 1. The lowest BCUT2D eigenvalue weighted by Crippen LogP contribution is -2.34. The van der Waals surface area contributed by atoms with Gasteiger partial charge in [-0.15, -0.1) is 0 Å². The van der Waals surface area contributed by atoms with E-state index in [1.54, 1.807) is 0 Å². The summed E-state index contributed by atoms with van der Waals surface area (Å²) in [6, 6.07) is 3.75. The molecule has 19 heavy (non-hydrogen) atoms. The van der Waals surface area contributed by atoms with Crippen LogP contribution >= 0.6 is 11.6 Å². The summed E-state index contributed by atoms with van der Waals surface area (Å²) in [5.74, 6) is -0.420. The molecule has 0 heterocycles. The van der Waals surface area contributed by atoms with Crippen molar-refractivity contribution < 1.29 is 19.2 Å². The van der Waals surface area contributed by atoms with Crippen molar-refractivity contribution in [2.75, 3.05) is 20.8 Å². The summed E-state index contributed by atoms with van der Waals surface area (Å²) in [6.45, 7) is 0.153. The summed E-state index contributed by atoms with van der Waals surface area (Å²) in [4.78, 5) is 21.7. The van der Waals surface area contributed by atoms with Crippen molar-refractivity contribution in [3.63, 3.8) is 0 Å². The Balaban J connectivity index is 2.73. The highest BCUT2D eigenvalue weighted by molar-refractivity contribution is 6.33. The Kier molecular flexibility index (Phi) is 5.68. The number of methoxy groups -OCH3 is 2. The summed E-state index contributed by atoms with van der Waals surface area (Å²) < 4.78 is 9.82. The monoisotopic (exact) mass is 288 g/mol. The summed E-state index contributed by atoms with van der Waals surface area (Å²) in [5, 5.41) is 13.1. The lowest BCUT2D eigenvalue weighted by atomic mass is 10.2. The number of nitrogens with one attached hydrogen (secondary N) is 1. The summed E-state index contributed by atoms with van der Waals surface area (Å²) in [5.41, 5.74) is -0.0218. The fourth-order valence-electron chi connectivity index (χ4n) is 1.34. The van der Waals surface area contributed by atoms with E-state index in [9.17, 15) is 14.9 Å². The van der Waals surface area contributed by atoms with Crippen molar-refractivity contribution >= 4 is 23.2 Å². The lowest BCUT2D eigenvalue weighted by molar-refractivity contribution is -0.384. The van der Waals surface area contributed by atoms with Crippen LogP contribution in [-0.4, -0.2) is 37.9 Å². The van der Waals surface area contributed by atoms with Crippen LogP contribution in [0.5, 0.6) is 0 Å². The Morgan fingerprint density at radius 3 is 2.58 bits per heavy atom. The number of carbonyl (C=O) groups excluding carboxylic acids is 1. The van der Waals surface area contributed by atoms with Crippen LogP contribution in [-0.2, 0) is 9.47 Å². The van der Waals surface area contributed by atoms with E-state index >= 15 is 0 Å². The van der Waals surface area contributed by atoms with Gasteiger partial charge in [-0.1, -0.05) is 11.6 Å². The standard InChI is InChI=1S/C11H13ClN2O5/c1-18-10(19-2)6-13-11(15)7-3-4-9(14(16)17)8(12)5-7/h3-5,10H,6H2,1-2H3,(H,13,15). The molecule has 0 fully saturated rings. The molecule has 0 spiro atoms. The second-order valence-electron chi connectivity index (χ2n) is 3.53. The van der Waals surface area contributed by atoms with Crippen molar-refractivity contribution in [2.45, 2.75) is 6.29 Å². The molecule has 0 bridgehead atoms. The molecule has 0 unspecified atom stereocenters. The minimum Gasteiger partial charge on any atom is -0.354 e. The molecule has 104 valence electrons. The number of nitrogens with zero attached hydrogens (tertiary/aromatic N) is 1. The molecule has 1 aromatic carbocycles. The predicted molar refractivity (Wildman–Crippen MR) is 68.2 cm³/mol. The van der Waals surface area contributed by atoms with E-state index in [-0.39, 0.29) is 22.8 Å². The minimum absolute atomic E-state index is 0.0901. The molecule has 0 aromatic heterocycles. The van der Waals surface area contributed by atoms with Crippen molar-refractivity contribution in [2.24, 2.45) is 0 Å². The largest absolute Gasteiger partial charge is 0.354 e. The van der Waals surface area contributed by atoms with Gasteiger partial charge < -0.3 is 14.8 Å². The number of nitro benzene ring substituents is 1. The van der Waals surface area contributed by atoms with Gasteiger partial charge in [0.05, 0.1) is 11.5 Å².